The molecule has 3 nitrogen and oxygen atoms in total. The summed E-state index contributed by atoms with van der Waals surface area (Å²) in [5, 5.41) is 11.0. The van der Waals surface area contributed by atoms with Crippen LogP contribution in [0.2, 0.25) is 0 Å². The van der Waals surface area contributed by atoms with E-state index >= 15 is 0 Å². The van der Waals surface area contributed by atoms with Gasteiger partial charge >= 0.3 is 0 Å². The first-order chi connectivity index (χ1) is 5.15. The lowest BCUT2D eigenvalue weighted by molar-refractivity contribution is -0.511. The van der Waals surface area contributed by atoms with E-state index in [0.717, 1.165) is 0 Å². The fourth-order valence-corrected chi connectivity index (χ4v) is 1.70. The predicted molar refractivity (Wildman–Crippen MR) is 38.9 cm³/mol. The minimum Gasteiger partial charge on any atom is -0.831 e. The summed E-state index contributed by atoms with van der Waals surface area (Å²) in [5.41, 5.74) is 0. The van der Waals surface area contributed by atoms with Gasteiger partial charge in [-0.25, -0.2) is 0 Å². The fraction of sp³-hybridized carbons (Fsp3) is 1.00. The lowest BCUT2D eigenvalue weighted by atomic mass is 9.94. The van der Waals surface area contributed by atoms with Crippen LogP contribution in [0.3, 0.4) is 0 Å². The van der Waals surface area contributed by atoms with Crippen molar-refractivity contribution in [2.24, 2.45) is 5.92 Å². The van der Waals surface area contributed by atoms with Crippen molar-refractivity contribution in [3.05, 3.63) is 0 Å². The van der Waals surface area contributed by atoms with Crippen molar-refractivity contribution < 1.29 is 14.6 Å². The molecule has 4 atom stereocenters. The molecule has 0 radical (unpaired) electrons. The Kier molecular flexibility index (Phi) is 2.87. The molecular formula is C8H15O3-. The molecule has 1 aliphatic rings. The van der Waals surface area contributed by atoms with Crippen molar-refractivity contribution in [3.8, 4) is 0 Å². The van der Waals surface area contributed by atoms with Crippen LogP contribution in [0.5, 0.6) is 0 Å². The molecule has 1 heterocycles. The Bertz CT molecular complexity index is 115. The standard InChI is InChI=1S/C8H15O3/c1-5-4-7(9)11-6(2)8(5)10-3/h5-8H,4H2,1-3H3/q-1. The Labute approximate surface area is 67.3 Å². The van der Waals surface area contributed by atoms with Gasteiger partial charge in [-0.05, 0) is 25.6 Å². The molecule has 4 unspecified atom stereocenters. The Hall–Kier alpha value is -0.120. The van der Waals surface area contributed by atoms with E-state index in [2.05, 4.69) is 0 Å². The maximum atomic E-state index is 11.0. The first-order valence-corrected chi connectivity index (χ1v) is 3.99. The summed E-state index contributed by atoms with van der Waals surface area (Å²) in [6.45, 7) is 3.91. The SMILES string of the molecule is COC1C(C)CC([O-])OC1C. The number of rotatable bonds is 1. The summed E-state index contributed by atoms with van der Waals surface area (Å²) >= 11 is 0. The van der Waals surface area contributed by atoms with Gasteiger partial charge in [0.05, 0.1) is 12.2 Å². The molecule has 0 spiro atoms. The highest BCUT2D eigenvalue weighted by Crippen LogP contribution is 2.24. The van der Waals surface area contributed by atoms with E-state index in [-0.39, 0.29) is 12.2 Å². The lowest BCUT2D eigenvalue weighted by Crippen LogP contribution is -2.48. The summed E-state index contributed by atoms with van der Waals surface area (Å²) in [5.74, 6) is 0.311. The fourth-order valence-electron chi connectivity index (χ4n) is 1.70. The molecule has 1 fully saturated rings. The van der Waals surface area contributed by atoms with Crippen molar-refractivity contribution in [2.75, 3.05) is 7.11 Å². The summed E-state index contributed by atoms with van der Waals surface area (Å²) in [6.07, 6.45) is -0.277. The maximum Gasteiger partial charge on any atom is 0.0855 e. The van der Waals surface area contributed by atoms with E-state index < -0.39 is 6.29 Å². The van der Waals surface area contributed by atoms with E-state index in [9.17, 15) is 5.11 Å². The van der Waals surface area contributed by atoms with Crippen LogP contribution in [0.15, 0.2) is 0 Å². The third-order valence-electron chi connectivity index (χ3n) is 2.23. The second-order valence-electron chi connectivity index (χ2n) is 3.18. The van der Waals surface area contributed by atoms with Gasteiger partial charge in [-0.1, -0.05) is 6.92 Å². The zero-order chi connectivity index (χ0) is 8.43. The highest BCUT2D eigenvalue weighted by molar-refractivity contribution is 4.77. The molecule has 0 N–H and O–H groups in total. The molecule has 0 amide bonds. The molecule has 0 aliphatic carbocycles. The van der Waals surface area contributed by atoms with Crippen LogP contribution in [0, 0.1) is 5.92 Å². The summed E-state index contributed by atoms with van der Waals surface area (Å²) in [6, 6.07) is 0. The van der Waals surface area contributed by atoms with Gasteiger partial charge in [-0.2, -0.15) is 0 Å². The highest BCUT2D eigenvalue weighted by atomic mass is 16.6. The third-order valence-corrected chi connectivity index (χ3v) is 2.23. The van der Waals surface area contributed by atoms with Crippen molar-refractivity contribution in [2.45, 2.75) is 38.8 Å². The van der Waals surface area contributed by atoms with E-state index in [4.69, 9.17) is 9.47 Å². The topological polar surface area (TPSA) is 41.5 Å². The van der Waals surface area contributed by atoms with Crippen molar-refractivity contribution in [1.29, 1.82) is 0 Å². The minimum absolute atomic E-state index is 0.0637. The van der Waals surface area contributed by atoms with E-state index in [1.54, 1.807) is 7.11 Å². The minimum atomic E-state index is -0.855. The molecule has 66 valence electrons. The number of ether oxygens (including phenoxy) is 2. The lowest BCUT2D eigenvalue weighted by Gasteiger charge is -2.41. The smallest absolute Gasteiger partial charge is 0.0855 e. The molecule has 0 saturated carbocycles. The molecule has 1 saturated heterocycles. The Morgan fingerprint density at radius 3 is 2.55 bits per heavy atom. The molecule has 11 heavy (non-hydrogen) atoms. The second-order valence-corrected chi connectivity index (χ2v) is 3.18. The summed E-state index contributed by atoms with van der Waals surface area (Å²) < 4.78 is 10.3. The molecular weight excluding hydrogens is 144 g/mol. The molecule has 1 rings (SSSR count). The van der Waals surface area contributed by atoms with Gasteiger partial charge in [0.15, 0.2) is 0 Å². The van der Waals surface area contributed by atoms with Crippen LogP contribution < -0.4 is 5.11 Å². The summed E-state index contributed by atoms with van der Waals surface area (Å²) in [4.78, 5) is 0. The van der Waals surface area contributed by atoms with Gasteiger partial charge in [0.25, 0.3) is 0 Å². The summed E-state index contributed by atoms with van der Waals surface area (Å²) in [7, 11) is 1.66. The highest BCUT2D eigenvalue weighted by Gasteiger charge is 2.29. The monoisotopic (exact) mass is 159 g/mol. The Morgan fingerprint density at radius 1 is 1.45 bits per heavy atom. The second kappa shape index (κ2) is 3.52. The Morgan fingerprint density at radius 2 is 2.09 bits per heavy atom. The predicted octanol–water partition coefficient (Wildman–Crippen LogP) is 0.133. The molecule has 0 aromatic carbocycles. The number of hydrogen-bond acceptors (Lipinski definition) is 3. The van der Waals surface area contributed by atoms with Crippen molar-refractivity contribution in [3.63, 3.8) is 0 Å². The van der Waals surface area contributed by atoms with Crippen LogP contribution in [-0.2, 0) is 9.47 Å². The normalized spacial score (nSPS) is 45.8. The van der Waals surface area contributed by atoms with Crippen LogP contribution >= 0.6 is 0 Å². The van der Waals surface area contributed by atoms with E-state index in [1.807, 2.05) is 13.8 Å². The zero-order valence-corrected chi connectivity index (χ0v) is 7.24. The molecule has 1 aliphatic heterocycles. The average Bonchev–Trinajstić information content (AvgIpc) is 1.85. The van der Waals surface area contributed by atoms with Crippen LogP contribution in [0.25, 0.3) is 0 Å². The van der Waals surface area contributed by atoms with Gasteiger partial charge in [0, 0.05) is 7.11 Å². The van der Waals surface area contributed by atoms with E-state index in [0.29, 0.717) is 12.3 Å². The van der Waals surface area contributed by atoms with Gasteiger partial charge in [0.2, 0.25) is 0 Å². The van der Waals surface area contributed by atoms with E-state index in [1.165, 1.54) is 0 Å². The molecule has 0 aromatic heterocycles. The van der Waals surface area contributed by atoms with Crippen molar-refractivity contribution >= 4 is 0 Å². The maximum absolute atomic E-state index is 11.0. The zero-order valence-electron chi connectivity index (χ0n) is 7.24. The molecule has 3 heteroatoms. The van der Waals surface area contributed by atoms with Gasteiger partial charge in [-0.15, -0.1) is 0 Å². The first kappa shape index (κ1) is 8.97. The van der Waals surface area contributed by atoms with Crippen LogP contribution in [-0.4, -0.2) is 25.6 Å². The largest absolute Gasteiger partial charge is 0.831 e. The first-order valence-electron chi connectivity index (χ1n) is 3.99. The number of methoxy groups -OCH3 is 1. The quantitative estimate of drug-likeness (QED) is 0.546. The Balaban J connectivity index is 2.52. The van der Waals surface area contributed by atoms with Gasteiger partial charge in [-0.3, -0.25) is 0 Å². The van der Waals surface area contributed by atoms with Crippen LogP contribution in [0.4, 0.5) is 0 Å². The third kappa shape index (κ3) is 1.92. The number of hydrogen-bond donors (Lipinski definition) is 0. The van der Waals surface area contributed by atoms with Crippen LogP contribution in [0.1, 0.15) is 20.3 Å². The molecule has 0 bridgehead atoms. The van der Waals surface area contributed by atoms with Gasteiger partial charge in [0.1, 0.15) is 0 Å². The molecule has 0 aromatic rings. The van der Waals surface area contributed by atoms with Gasteiger partial charge < -0.3 is 14.6 Å². The average molecular weight is 159 g/mol. The van der Waals surface area contributed by atoms with Crippen molar-refractivity contribution in [1.82, 2.24) is 0 Å².